The van der Waals surface area contributed by atoms with Gasteiger partial charge in [-0.2, -0.15) is 0 Å². The van der Waals surface area contributed by atoms with Gasteiger partial charge in [0.25, 0.3) is 11.8 Å². The normalized spacial score (nSPS) is 11.0. The molecule has 0 aliphatic heterocycles. The third-order valence-corrected chi connectivity index (χ3v) is 5.59. The van der Waals surface area contributed by atoms with Gasteiger partial charge in [-0.3, -0.25) is 9.36 Å². The number of rotatable bonds is 4. The summed E-state index contributed by atoms with van der Waals surface area (Å²) in [5.74, 6) is 0.743. The average Bonchev–Trinajstić information content (AvgIpc) is 3.31. The lowest BCUT2D eigenvalue weighted by Crippen LogP contribution is -2.15. The number of nitrogens with zero attached hydrogens (tertiary/aromatic N) is 3. The van der Waals surface area contributed by atoms with E-state index < -0.39 is 0 Å². The van der Waals surface area contributed by atoms with Gasteiger partial charge in [-0.25, -0.2) is 0 Å². The third-order valence-electron chi connectivity index (χ3n) is 4.93. The van der Waals surface area contributed by atoms with Gasteiger partial charge in [0, 0.05) is 27.7 Å². The molecule has 2 heterocycles. The second kappa shape index (κ2) is 7.79. The van der Waals surface area contributed by atoms with Crippen LogP contribution in [0.3, 0.4) is 0 Å². The van der Waals surface area contributed by atoms with Crippen LogP contribution in [0.15, 0.2) is 57.4 Å². The molecule has 145 valence electrons. The van der Waals surface area contributed by atoms with Crippen molar-refractivity contribution in [1.29, 1.82) is 0 Å². The van der Waals surface area contributed by atoms with Crippen LogP contribution in [0, 0.1) is 19.9 Å². The molecule has 0 saturated carbocycles. The molecule has 0 aliphatic rings. The van der Waals surface area contributed by atoms with Crippen LogP contribution < -0.4 is 0 Å². The number of benzene rings is 2. The number of aromatic nitrogens is 3. The molecule has 0 aliphatic carbocycles. The lowest BCUT2D eigenvalue weighted by molar-refractivity contribution is 0.0959. The summed E-state index contributed by atoms with van der Waals surface area (Å²) in [5, 5.41) is 8.32. The number of hydrogen-bond acceptors (Lipinski definition) is 4. The molecular formula is C23H19BrN3O2. The highest BCUT2D eigenvalue weighted by Crippen LogP contribution is 2.40. The Balaban J connectivity index is 2.01. The molecule has 0 unspecified atom stereocenters. The molecule has 1 radical (unpaired) electrons. The standard InChI is InChI=1S/C23H19BrN3O2/c1-4-19-25-26-22(29-19)21-14(2)20(17-12-8-9-13-18(17)24)15(3)27(21)23(28)16-10-6-5-7-11-16/h5-8,10-13H,4H2,1-3H3. The summed E-state index contributed by atoms with van der Waals surface area (Å²) in [6, 6.07) is 18.0. The molecule has 0 fully saturated rings. The average molecular weight is 449 g/mol. The summed E-state index contributed by atoms with van der Waals surface area (Å²) in [7, 11) is 0. The Morgan fingerprint density at radius 2 is 1.93 bits per heavy atom. The fraction of sp³-hybridized carbons (Fsp3) is 0.174. The highest BCUT2D eigenvalue weighted by Gasteiger charge is 2.28. The van der Waals surface area contributed by atoms with E-state index in [1.807, 2.05) is 57.2 Å². The van der Waals surface area contributed by atoms with Crippen molar-refractivity contribution in [2.24, 2.45) is 0 Å². The second-order valence-corrected chi connectivity index (χ2v) is 7.56. The number of carbonyl (C=O) groups excluding carboxylic acids is 1. The van der Waals surface area contributed by atoms with Crippen LogP contribution in [0.4, 0.5) is 0 Å². The largest absolute Gasteiger partial charge is 0.419 e. The summed E-state index contributed by atoms with van der Waals surface area (Å²) >= 11 is 3.61. The summed E-state index contributed by atoms with van der Waals surface area (Å²) < 4.78 is 8.43. The minimum Gasteiger partial charge on any atom is -0.419 e. The van der Waals surface area contributed by atoms with E-state index in [0.29, 0.717) is 29.5 Å². The van der Waals surface area contributed by atoms with Crippen molar-refractivity contribution >= 4 is 21.8 Å². The number of aryl methyl sites for hydroxylation is 1. The molecule has 4 rings (SSSR count). The van der Waals surface area contributed by atoms with Crippen molar-refractivity contribution in [1.82, 2.24) is 14.8 Å². The van der Waals surface area contributed by atoms with E-state index >= 15 is 0 Å². The zero-order chi connectivity index (χ0) is 20.5. The Bertz CT molecular complexity index is 1190. The third kappa shape index (κ3) is 3.34. The highest BCUT2D eigenvalue weighted by atomic mass is 79.9. The summed E-state index contributed by atoms with van der Waals surface area (Å²) in [4.78, 5) is 13.5. The highest BCUT2D eigenvalue weighted by molar-refractivity contribution is 9.10. The van der Waals surface area contributed by atoms with E-state index in [0.717, 1.165) is 26.9 Å². The predicted molar refractivity (Wildman–Crippen MR) is 115 cm³/mol. The molecule has 0 N–H and O–H groups in total. The van der Waals surface area contributed by atoms with Crippen molar-refractivity contribution in [3.05, 3.63) is 81.8 Å². The first-order chi connectivity index (χ1) is 14.0. The van der Waals surface area contributed by atoms with Gasteiger partial charge in [0.2, 0.25) is 5.89 Å². The van der Waals surface area contributed by atoms with Crippen molar-refractivity contribution < 1.29 is 9.21 Å². The second-order valence-electron chi connectivity index (χ2n) is 6.70. The van der Waals surface area contributed by atoms with E-state index in [1.165, 1.54) is 0 Å². The molecule has 2 aromatic heterocycles. The SMILES string of the molecule is CCc1nnc(-c2c(C)c(-c3cc[c]cc3Br)c(C)n2C(=O)c2ccccc2)o1. The van der Waals surface area contributed by atoms with Gasteiger partial charge in [-0.15, -0.1) is 10.2 Å². The lowest BCUT2D eigenvalue weighted by Gasteiger charge is -2.09. The maximum atomic E-state index is 13.5. The van der Waals surface area contributed by atoms with Gasteiger partial charge in [-0.05, 0) is 49.2 Å². The van der Waals surface area contributed by atoms with E-state index in [2.05, 4.69) is 32.2 Å². The number of halogens is 1. The van der Waals surface area contributed by atoms with Crippen LogP contribution >= 0.6 is 15.9 Å². The van der Waals surface area contributed by atoms with Gasteiger partial charge < -0.3 is 4.42 Å². The minimum atomic E-state index is -0.137. The number of carbonyl (C=O) groups is 1. The van der Waals surface area contributed by atoms with Gasteiger partial charge in [0.1, 0.15) is 5.69 Å². The fourth-order valence-electron chi connectivity index (χ4n) is 3.56. The molecule has 2 aromatic carbocycles. The quantitative estimate of drug-likeness (QED) is 0.405. The number of hydrogen-bond donors (Lipinski definition) is 0. The van der Waals surface area contributed by atoms with Crippen molar-refractivity contribution in [3.63, 3.8) is 0 Å². The monoisotopic (exact) mass is 448 g/mol. The van der Waals surface area contributed by atoms with Crippen molar-refractivity contribution in [3.8, 4) is 22.7 Å². The van der Waals surface area contributed by atoms with E-state index in [1.54, 1.807) is 16.7 Å². The Labute approximate surface area is 177 Å². The van der Waals surface area contributed by atoms with Crippen LogP contribution in [0.2, 0.25) is 0 Å². The summed E-state index contributed by atoms with van der Waals surface area (Å²) in [5.41, 5.74) is 4.88. The van der Waals surface area contributed by atoms with Gasteiger partial charge in [0.05, 0.1) is 0 Å². The maximum Gasteiger partial charge on any atom is 0.265 e. The van der Waals surface area contributed by atoms with Gasteiger partial charge >= 0.3 is 0 Å². The van der Waals surface area contributed by atoms with E-state index in [-0.39, 0.29) is 5.91 Å². The zero-order valence-corrected chi connectivity index (χ0v) is 17.9. The maximum absolute atomic E-state index is 13.5. The minimum absolute atomic E-state index is 0.137. The Hall–Kier alpha value is -2.99. The molecule has 0 saturated heterocycles. The zero-order valence-electron chi connectivity index (χ0n) is 16.4. The molecule has 0 amide bonds. The van der Waals surface area contributed by atoms with Gasteiger partial charge in [-0.1, -0.05) is 53.2 Å². The van der Waals surface area contributed by atoms with E-state index in [9.17, 15) is 4.79 Å². The fourth-order valence-corrected chi connectivity index (χ4v) is 4.02. The van der Waals surface area contributed by atoms with Crippen molar-refractivity contribution in [2.75, 3.05) is 0 Å². The first kappa shape index (κ1) is 19.3. The summed E-state index contributed by atoms with van der Waals surface area (Å²) in [6.45, 7) is 5.87. The molecule has 5 nitrogen and oxygen atoms in total. The van der Waals surface area contributed by atoms with Crippen LogP contribution in [0.1, 0.15) is 34.4 Å². The Morgan fingerprint density at radius 3 is 2.59 bits per heavy atom. The molecule has 0 bridgehead atoms. The van der Waals surface area contributed by atoms with Crippen LogP contribution in [-0.4, -0.2) is 20.7 Å². The first-order valence-electron chi connectivity index (χ1n) is 9.33. The van der Waals surface area contributed by atoms with Gasteiger partial charge in [0.15, 0.2) is 0 Å². The summed E-state index contributed by atoms with van der Waals surface area (Å²) in [6.07, 6.45) is 0.630. The molecule has 0 atom stereocenters. The first-order valence-corrected chi connectivity index (χ1v) is 10.1. The molecule has 4 aromatic rings. The smallest absolute Gasteiger partial charge is 0.265 e. The lowest BCUT2D eigenvalue weighted by atomic mass is 10.0. The molecular weight excluding hydrogens is 430 g/mol. The Morgan fingerprint density at radius 1 is 1.17 bits per heavy atom. The molecule has 0 spiro atoms. The topological polar surface area (TPSA) is 60.9 Å². The van der Waals surface area contributed by atoms with Crippen LogP contribution in [-0.2, 0) is 6.42 Å². The van der Waals surface area contributed by atoms with Crippen LogP contribution in [0.25, 0.3) is 22.7 Å². The predicted octanol–water partition coefficient (Wildman–Crippen LogP) is 5.64. The van der Waals surface area contributed by atoms with E-state index in [4.69, 9.17) is 4.42 Å². The molecule has 29 heavy (non-hydrogen) atoms. The van der Waals surface area contributed by atoms with Crippen molar-refractivity contribution in [2.45, 2.75) is 27.2 Å². The van der Waals surface area contributed by atoms with Crippen LogP contribution in [0.5, 0.6) is 0 Å². The molecule has 6 heteroatoms. The Kier molecular flexibility index (Phi) is 5.20.